The topological polar surface area (TPSA) is 79.8 Å². The van der Waals surface area contributed by atoms with Crippen LogP contribution in [0.4, 0.5) is 4.79 Å². The van der Waals surface area contributed by atoms with Crippen LogP contribution in [0.15, 0.2) is 24.5 Å². The Hall–Kier alpha value is -1.48. The summed E-state index contributed by atoms with van der Waals surface area (Å²) in [6.45, 7) is 3.31. The molecule has 3 amide bonds. The molecule has 1 aliphatic heterocycles. The second kappa shape index (κ2) is 6.99. The summed E-state index contributed by atoms with van der Waals surface area (Å²) in [6.07, 6.45) is 3.10. The third-order valence-corrected chi connectivity index (χ3v) is 4.45. The molecule has 1 saturated heterocycles. The van der Waals surface area contributed by atoms with Gasteiger partial charge in [-0.15, -0.1) is 0 Å². The van der Waals surface area contributed by atoms with Crippen molar-refractivity contribution in [3.05, 3.63) is 30.1 Å². The summed E-state index contributed by atoms with van der Waals surface area (Å²) < 4.78 is 6.58. The summed E-state index contributed by atoms with van der Waals surface area (Å²) in [5.41, 5.74) is -0.280. The lowest BCUT2D eigenvalue weighted by Gasteiger charge is -2.19. The highest BCUT2D eigenvalue weighted by molar-refractivity contribution is 9.08. The molecular weight excluding hydrogens is 410 g/mol. The van der Waals surface area contributed by atoms with Crippen molar-refractivity contribution < 1.29 is 19.1 Å². The zero-order chi connectivity index (χ0) is 16.2. The van der Waals surface area contributed by atoms with Gasteiger partial charge in [-0.25, -0.2) is 13.5 Å². The lowest BCUT2D eigenvalue weighted by Crippen LogP contribution is -2.37. The van der Waals surface area contributed by atoms with Crippen LogP contribution in [0.1, 0.15) is 24.2 Å². The first kappa shape index (κ1) is 17.6. The molecule has 2 rings (SSSR count). The van der Waals surface area contributed by atoms with Crippen molar-refractivity contribution in [1.29, 1.82) is 0 Å². The fraction of sp³-hybridized carbons (Fsp3) is 0.333. The van der Waals surface area contributed by atoms with Gasteiger partial charge in [-0.05, 0) is 26.0 Å². The minimum absolute atomic E-state index is 0.278. The van der Waals surface area contributed by atoms with Crippen LogP contribution in [0.25, 0.3) is 0 Å². The number of urea groups is 1. The van der Waals surface area contributed by atoms with Gasteiger partial charge in [-0.1, -0.05) is 0 Å². The maximum absolute atomic E-state index is 11.2. The van der Waals surface area contributed by atoms with Crippen molar-refractivity contribution in [2.24, 2.45) is 0 Å². The third-order valence-electron chi connectivity index (χ3n) is 2.63. The van der Waals surface area contributed by atoms with Gasteiger partial charge in [0.25, 0.3) is 5.91 Å². The van der Waals surface area contributed by atoms with Crippen LogP contribution >= 0.6 is 32.3 Å². The Morgan fingerprint density at radius 2 is 1.76 bits per heavy atom. The first-order valence-electron chi connectivity index (χ1n) is 5.72. The van der Waals surface area contributed by atoms with E-state index in [-0.39, 0.29) is 11.9 Å². The molecule has 0 unspecified atom stereocenters. The number of ether oxygens (including phenoxy) is 1. The molecule has 114 valence electrons. The van der Waals surface area contributed by atoms with Crippen LogP contribution in [-0.2, 0) is 9.53 Å². The van der Waals surface area contributed by atoms with Gasteiger partial charge in [0.05, 0.1) is 45.0 Å². The van der Waals surface area contributed by atoms with Crippen LogP contribution < -0.4 is 0 Å². The summed E-state index contributed by atoms with van der Waals surface area (Å²) in [5.74, 6) is -0.609. The number of rotatable bonds is 1. The number of amides is 3. The second-order valence-electron chi connectivity index (χ2n) is 4.44. The number of methoxy groups -OCH3 is 1. The number of hydrogen-bond acceptors (Lipinski definition) is 5. The fourth-order valence-electron chi connectivity index (χ4n) is 1.33. The van der Waals surface area contributed by atoms with E-state index in [2.05, 4.69) is 42.0 Å². The van der Waals surface area contributed by atoms with E-state index in [9.17, 15) is 14.4 Å². The molecule has 0 radical (unpaired) electrons. The molecule has 9 heteroatoms. The first-order chi connectivity index (χ1) is 9.73. The van der Waals surface area contributed by atoms with E-state index in [1.165, 1.54) is 11.0 Å². The molecule has 21 heavy (non-hydrogen) atoms. The van der Waals surface area contributed by atoms with Gasteiger partial charge >= 0.3 is 12.0 Å². The number of esters is 1. The van der Waals surface area contributed by atoms with Gasteiger partial charge < -0.3 is 4.74 Å². The van der Waals surface area contributed by atoms with Crippen LogP contribution in [0.5, 0.6) is 0 Å². The van der Waals surface area contributed by atoms with Gasteiger partial charge in [0.15, 0.2) is 0 Å². The van der Waals surface area contributed by atoms with Crippen LogP contribution in [-0.4, -0.2) is 43.4 Å². The minimum atomic E-state index is -0.805. The van der Waals surface area contributed by atoms with Gasteiger partial charge in [-0.3, -0.25) is 9.78 Å². The molecule has 0 aliphatic carbocycles. The zero-order valence-corrected chi connectivity index (χ0v) is 14.7. The highest BCUT2D eigenvalue weighted by Crippen LogP contribution is 2.32. The first-order valence-corrected chi connectivity index (χ1v) is 7.14. The van der Waals surface area contributed by atoms with E-state index >= 15 is 0 Å². The molecule has 1 aliphatic rings. The van der Waals surface area contributed by atoms with Gasteiger partial charge in [0.2, 0.25) is 0 Å². The van der Waals surface area contributed by atoms with Crippen LogP contribution in [0, 0.1) is 0 Å². The second-order valence-corrected chi connectivity index (χ2v) is 5.85. The lowest BCUT2D eigenvalue weighted by atomic mass is 10.1. The van der Waals surface area contributed by atoms with Crippen molar-refractivity contribution in [2.75, 3.05) is 7.11 Å². The Kier molecular flexibility index (Phi) is 5.85. The fourth-order valence-corrected chi connectivity index (χ4v) is 2.45. The highest BCUT2D eigenvalue weighted by Gasteiger charge is 2.50. The van der Waals surface area contributed by atoms with Crippen molar-refractivity contribution in [2.45, 2.75) is 19.4 Å². The Balaban J connectivity index is 0.000000211. The summed E-state index contributed by atoms with van der Waals surface area (Å²) in [5, 5.41) is 0. The standard InChI is InChI=1S/C7H7NO2.C5H6Br2N2O2/c1-10-7(9)6-2-4-8-5-3-6;1-5(2)3(10)8(6)4(11)9(5)7/h2-5H,1H3;1-2H3. The van der Waals surface area contributed by atoms with E-state index in [4.69, 9.17) is 0 Å². The van der Waals surface area contributed by atoms with Crippen molar-refractivity contribution >= 4 is 50.2 Å². The van der Waals surface area contributed by atoms with Crippen molar-refractivity contribution in [3.8, 4) is 0 Å². The maximum atomic E-state index is 11.2. The number of imide groups is 1. The minimum Gasteiger partial charge on any atom is -0.465 e. The zero-order valence-electron chi connectivity index (χ0n) is 11.5. The largest absolute Gasteiger partial charge is 0.465 e. The number of pyridine rings is 1. The number of nitrogens with zero attached hydrogens (tertiary/aromatic N) is 3. The van der Waals surface area contributed by atoms with Crippen LogP contribution in [0.3, 0.4) is 0 Å². The van der Waals surface area contributed by atoms with Gasteiger partial charge in [0.1, 0.15) is 5.54 Å². The SMILES string of the molecule is CC1(C)C(=O)N(Br)C(=O)N1Br.COC(=O)c1ccncc1. The van der Waals surface area contributed by atoms with Gasteiger partial charge in [-0.2, -0.15) is 3.93 Å². The monoisotopic (exact) mass is 421 g/mol. The summed E-state index contributed by atoms with van der Waals surface area (Å²) in [6, 6.07) is 2.80. The van der Waals surface area contributed by atoms with E-state index in [1.807, 2.05) is 0 Å². The number of aromatic nitrogens is 1. The average molecular weight is 423 g/mol. The third kappa shape index (κ3) is 3.79. The molecule has 0 aromatic carbocycles. The molecule has 0 spiro atoms. The smallest absolute Gasteiger partial charge is 0.348 e. The predicted molar refractivity (Wildman–Crippen MR) is 81.6 cm³/mol. The molecule has 0 saturated carbocycles. The predicted octanol–water partition coefficient (Wildman–Crippen LogP) is 2.52. The normalized spacial score (nSPS) is 16.4. The van der Waals surface area contributed by atoms with Crippen LogP contribution in [0.2, 0.25) is 0 Å². The molecule has 2 heterocycles. The van der Waals surface area contributed by atoms with E-state index in [0.717, 1.165) is 3.93 Å². The maximum Gasteiger partial charge on any atom is 0.348 e. The molecule has 0 atom stereocenters. The van der Waals surface area contributed by atoms with E-state index in [1.54, 1.807) is 38.4 Å². The number of carbonyl (C=O) groups excluding carboxylic acids is 3. The van der Waals surface area contributed by atoms with E-state index in [0.29, 0.717) is 5.56 Å². The van der Waals surface area contributed by atoms with Gasteiger partial charge in [0, 0.05) is 12.4 Å². The Morgan fingerprint density at radius 1 is 1.24 bits per heavy atom. The molecule has 1 aromatic heterocycles. The summed E-state index contributed by atoms with van der Waals surface area (Å²) in [7, 11) is 1.35. The number of carbonyl (C=O) groups is 3. The molecule has 1 fully saturated rings. The number of halogens is 2. The molecular formula is C12H13Br2N3O4. The van der Waals surface area contributed by atoms with Crippen molar-refractivity contribution in [3.63, 3.8) is 0 Å². The summed E-state index contributed by atoms with van der Waals surface area (Å²) in [4.78, 5) is 36.8. The Morgan fingerprint density at radius 3 is 2.05 bits per heavy atom. The Bertz CT molecular complexity index is 551. The molecule has 1 aromatic rings. The lowest BCUT2D eigenvalue weighted by molar-refractivity contribution is -0.127. The number of hydrogen-bond donors (Lipinski definition) is 0. The van der Waals surface area contributed by atoms with Crippen molar-refractivity contribution in [1.82, 2.24) is 12.8 Å². The van der Waals surface area contributed by atoms with E-state index < -0.39 is 11.6 Å². The Labute approximate surface area is 138 Å². The quantitative estimate of drug-likeness (QED) is 0.394. The summed E-state index contributed by atoms with van der Waals surface area (Å²) >= 11 is 5.84. The molecule has 7 nitrogen and oxygen atoms in total. The average Bonchev–Trinajstić information content (AvgIpc) is 2.63. The highest BCUT2D eigenvalue weighted by atomic mass is 79.9. The molecule has 0 N–H and O–H groups in total. The molecule has 0 bridgehead atoms.